The second kappa shape index (κ2) is 6.97. The SMILES string of the molecule is Cc1cnc(NC(=O)c2ccc3c(c2)CN(C2CCC(=O)NC2=O)C3=O)[nH]c1=O. The average Bonchev–Trinajstić information content (AvgIpc) is 3.00. The molecule has 2 aromatic rings. The topological polar surface area (TPSA) is 141 Å². The van der Waals surface area contributed by atoms with Crippen molar-refractivity contribution >= 4 is 29.6 Å². The van der Waals surface area contributed by atoms with Crippen LogP contribution < -0.4 is 16.2 Å². The third-order valence-electron chi connectivity index (χ3n) is 5.00. The number of nitrogens with one attached hydrogen (secondary N) is 3. The molecule has 0 saturated carbocycles. The zero-order valence-corrected chi connectivity index (χ0v) is 15.4. The van der Waals surface area contributed by atoms with E-state index in [9.17, 15) is 24.0 Å². The predicted octanol–water partition coefficient (Wildman–Crippen LogP) is 0.0916. The van der Waals surface area contributed by atoms with Gasteiger partial charge >= 0.3 is 0 Å². The van der Waals surface area contributed by atoms with E-state index in [-0.39, 0.29) is 48.3 Å². The fourth-order valence-corrected chi connectivity index (χ4v) is 3.42. The number of nitrogens with zero attached hydrogens (tertiary/aromatic N) is 2. The number of anilines is 1. The molecule has 4 rings (SSSR count). The van der Waals surface area contributed by atoms with E-state index in [0.717, 1.165) is 0 Å². The number of hydrogen-bond donors (Lipinski definition) is 3. The lowest BCUT2D eigenvalue weighted by Gasteiger charge is -2.29. The van der Waals surface area contributed by atoms with Crippen LogP contribution in [0.2, 0.25) is 0 Å². The van der Waals surface area contributed by atoms with Crippen molar-refractivity contribution in [1.29, 1.82) is 0 Å². The second-order valence-corrected chi connectivity index (χ2v) is 6.97. The van der Waals surface area contributed by atoms with Crippen molar-refractivity contribution in [2.75, 3.05) is 5.32 Å². The molecular weight excluding hydrogens is 378 g/mol. The number of piperidine rings is 1. The Morgan fingerprint density at radius 3 is 2.76 bits per heavy atom. The molecule has 0 radical (unpaired) electrons. The molecule has 1 unspecified atom stereocenters. The van der Waals surface area contributed by atoms with Gasteiger partial charge in [0.15, 0.2) is 0 Å². The van der Waals surface area contributed by atoms with Gasteiger partial charge in [0.05, 0.1) is 0 Å². The van der Waals surface area contributed by atoms with Crippen LogP contribution in [0.15, 0.2) is 29.2 Å². The molecular formula is C19H17N5O5. The van der Waals surface area contributed by atoms with Crippen LogP contribution in [-0.2, 0) is 16.1 Å². The molecule has 2 aliphatic rings. The number of aryl methyl sites for hydroxylation is 1. The van der Waals surface area contributed by atoms with Gasteiger partial charge in [-0.3, -0.25) is 39.6 Å². The van der Waals surface area contributed by atoms with Gasteiger partial charge in [0.2, 0.25) is 17.8 Å². The maximum absolute atomic E-state index is 12.7. The Morgan fingerprint density at radius 1 is 1.24 bits per heavy atom. The summed E-state index contributed by atoms with van der Waals surface area (Å²) in [6.07, 6.45) is 1.80. The van der Waals surface area contributed by atoms with Crippen molar-refractivity contribution in [2.24, 2.45) is 0 Å². The van der Waals surface area contributed by atoms with Crippen LogP contribution in [0.1, 0.15) is 44.7 Å². The van der Waals surface area contributed by atoms with Crippen molar-refractivity contribution in [2.45, 2.75) is 32.4 Å². The number of aromatic nitrogens is 2. The van der Waals surface area contributed by atoms with E-state index in [0.29, 0.717) is 16.7 Å². The highest BCUT2D eigenvalue weighted by molar-refractivity contribution is 6.07. The van der Waals surface area contributed by atoms with Crippen molar-refractivity contribution in [3.8, 4) is 0 Å². The second-order valence-electron chi connectivity index (χ2n) is 6.97. The summed E-state index contributed by atoms with van der Waals surface area (Å²) in [5, 5.41) is 4.76. The first kappa shape index (κ1) is 18.5. The number of carbonyl (C=O) groups excluding carboxylic acids is 4. The van der Waals surface area contributed by atoms with Gasteiger partial charge in [0, 0.05) is 35.9 Å². The molecule has 10 nitrogen and oxygen atoms in total. The quantitative estimate of drug-likeness (QED) is 0.629. The molecule has 1 atom stereocenters. The molecule has 29 heavy (non-hydrogen) atoms. The van der Waals surface area contributed by atoms with Crippen LogP contribution in [0, 0.1) is 6.92 Å². The monoisotopic (exact) mass is 395 g/mol. The highest BCUT2D eigenvalue weighted by Crippen LogP contribution is 2.28. The van der Waals surface area contributed by atoms with Gasteiger partial charge in [-0.15, -0.1) is 0 Å². The van der Waals surface area contributed by atoms with Crippen LogP contribution in [0.4, 0.5) is 5.95 Å². The minimum Gasteiger partial charge on any atom is -0.322 e. The van der Waals surface area contributed by atoms with Crippen molar-refractivity contribution < 1.29 is 19.2 Å². The van der Waals surface area contributed by atoms with Gasteiger partial charge in [0.25, 0.3) is 17.4 Å². The molecule has 3 heterocycles. The number of imide groups is 1. The standard InChI is InChI=1S/C19H17N5O5/c1-9-7-20-19(22-15(9)26)23-16(27)10-2-3-12-11(6-10)8-24(18(12)29)13-4-5-14(25)21-17(13)28/h2-3,6-7,13H,4-5,8H2,1H3,(H,21,25,28)(H2,20,22,23,26,27). The van der Waals surface area contributed by atoms with Gasteiger partial charge in [-0.2, -0.15) is 0 Å². The number of fused-ring (bicyclic) bond motifs is 1. The molecule has 0 aliphatic carbocycles. The van der Waals surface area contributed by atoms with E-state index in [1.165, 1.54) is 23.2 Å². The molecule has 1 saturated heterocycles. The lowest BCUT2D eigenvalue weighted by Crippen LogP contribution is -2.52. The molecule has 2 aliphatic heterocycles. The van der Waals surface area contributed by atoms with Gasteiger partial charge in [-0.25, -0.2) is 4.98 Å². The third-order valence-corrected chi connectivity index (χ3v) is 5.00. The summed E-state index contributed by atoms with van der Waals surface area (Å²) in [5.41, 5.74) is 1.37. The van der Waals surface area contributed by atoms with Crippen LogP contribution in [-0.4, -0.2) is 44.5 Å². The first-order valence-corrected chi connectivity index (χ1v) is 8.98. The lowest BCUT2D eigenvalue weighted by molar-refractivity contribution is -0.136. The zero-order chi connectivity index (χ0) is 20.7. The molecule has 148 valence electrons. The van der Waals surface area contributed by atoms with Gasteiger partial charge in [-0.05, 0) is 37.1 Å². The minimum absolute atomic E-state index is 0.0207. The first-order chi connectivity index (χ1) is 13.8. The smallest absolute Gasteiger partial charge is 0.257 e. The van der Waals surface area contributed by atoms with E-state index in [2.05, 4.69) is 20.6 Å². The number of hydrogen-bond acceptors (Lipinski definition) is 6. The predicted molar refractivity (Wildman–Crippen MR) is 100 cm³/mol. The highest BCUT2D eigenvalue weighted by Gasteiger charge is 2.39. The van der Waals surface area contributed by atoms with Gasteiger partial charge in [-0.1, -0.05) is 0 Å². The lowest BCUT2D eigenvalue weighted by atomic mass is 10.0. The average molecular weight is 395 g/mol. The minimum atomic E-state index is -0.716. The van der Waals surface area contributed by atoms with Crippen LogP contribution in [0.3, 0.4) is 0 Å². The van der Waals surface area contributed by atoms with Crippen LogP contribution in [0.5, 0.6) is 0 Å². The Hall–Kier alpha value is -3.82. The molecule has 10 heteroatoms. The van der Waals surface area contributed by atoms with E-state index in [4.69, 9.17) is 0 Å². The molecule has 1 aromatic carbocycles. The first-order valence-electron chi connectivity index (χ1n) is 8.98. The van der Waals surface area contributed by atoms with Crippen molar-refractivity contribution in [1.82, 2.24) is 20.2 Å². The Balaban J connectivity index is 1.53. The third kappa shape index (κ3) is 3.40. The zero-order valence-electron chi connectivity index (χ0n) is 15.4. The summed E-state index contributed by atoms with van der Waals surface area (Å²) in [7, 11) is 0. The van der Waals surface area contributed by atoms with E-state index < -0.39 is 17.9 Å². The Kier molecular flexibility index (Phi) is 4.45. The molecule has 0 spiro atoms. The largest absolute Gasteiger partial charge is 0.322 e. The van der Waals surface area contributed by atoms with E-state index in [1.54, 1.807) is 13.0 Å². The highest BCUT2D eigenvalue weighted by atomic mass is 16.2. The summed E-state index contributed by atoms with van der Waals surface area (Å²) in [5.74, 6) is -1.63. The Labute approximate surface area is 164 Å². The number of aromatic amines is 1. The molecule has 1 fully saturated rings. The molecule has 1 aromatic heterocycles. The van der Waals surface area contributed by atoms with Crippen molar-refractivity contribution in [3.05, 3.63) is 57.0 Å². The fourth-order valence-electron chi connectivity index (χ4n) is 3.42. The summed E-state index contributed by atoms with van der Waals surface area (Å²) >= 11 is 0. The van der Waals surface area contributed by atoms with Crippen LogP contribution in [0.25, 0.3) is 0 Å². The fraction of sp³-hybridized carbons (Fsp3) is 0.263. The Morgan fingerprint density at radius 2 is 2.03 bits per heavy atom. The van der Waals surface area contributed by atoms with Gasteiger partial charge < -0.3 is 4.90 Å². The molecule has 3 N–H and O–H groups in total. The number of rotatable bonds is 3. The maximum Gasteiger partial charge on any atom is 0.257 e. The van der Waals surface area contributed by atoms with Gasteiger partial charge in [0.1, 0.15) is 6.04 Å². The number of H-pyrrole nitrogens is 1. The number of amides is 4. The molecule has 4 amide bonds. The normalized spacial score (nSPS) is 18.4. The number of benzene rings is 1. The van der Waals surface area contributed by atoms with Crippen LogP contribution >= 0.6 is 0 Å². The summed E-state index contributed by atoms with van der Waals surface area (Å²) in [6.45, 7) is 1.77. The number of carbonyl (C=O) groups is 4. The summed E-state index contributed by atoms with van der Waals surface area (Å²) in [6, 6.07) is 3.88. The van der Waals surface area contributed by atoms with Crippen molar-refractivity contribution in [3.63, 3.8) is 0 Å². The summed E-state index contributed by atoms with van der Waals surface area (Å²) in [4.78, 5) is 68.1. The summed E-state index contributed by atoms with van der Waals surface area (Å²) < 4.78 is 0. The molecule has 0 bridgehead atoms. The van der Waals surface area contributed by atoms with E-state index in [1.807, 2.05) is 0 Å². The maximum atomic E-state index is 12.7. The van der Waals surface area contributed by atoms with E-state index >= 15 is 0 Å². The Bertz CT molecular complexity index is 1120.